The Morgan fingerprint density at radius 1 is 0.906 bits per heavy atom. The van der Waals surface area contributed by atoms with Crippen LogP contribution < -0.4 is 9.63 Å². The van der Waals surface area contributed by atoms with Crippen LogP contribution in [-0.2, 0) is 19.3 Å². The number of aryl methyl sites for hydroxylation is 1. The minimum atomic E-state index is -3.08. The largest absolute Gasteiger partial charge is 0.566 e. The Balaban J connectivity index is 0.000000255. The van der Waals surface area contributed by atoms with Crippen LogP contribution in [0.2, 0.25) is 0 Å². The van der Waals surface area contributed by atoms with Crippen molar-refractivity contribution < 1.29 is 23.5 Å². The monoisotopic (exact) mass is 452 g/mol. The van der Waals surface area contributed by atoms with Crippen molar-refractivity contribution in [2.75, 3.05) is 0 Å². The molecule has 32 heavy (non-hydrogen) atoms. The second-order valence-electron chi connectivity index (χ2n) is 8.37. The van der Waals surface area contributed by atoms with Crippen molar-refractivity contribution in [2.45, 2.75) is 46.1 Å². The van der Waals surface area contributed by atoms with Crippen molar-refractivity contribution in [1.29, 1.82) is 0 Å². The predicted molar refractivity (Wildman–Crippen MR) is 126 cm³/mol. The minimum Gasteiger partial charge on any atom is -0.566 e. The summed E-state index contributed by atoms with van der Waals surface area (Å²) in [6, 6.07) is 26.3. The number of hydrogen-bond acceptors (Lipinski definition) is 5. The summed E-state index contributed by atoms with van der Waals surface area (Å²) >= 11 is 0. The maximum absolute atomic E-state index is 11.8. The zero-order valence-corrected chi connectivity index (χ0v) is 20.0. The number of ether oxygens (including phenoxy) is 1. The van der Waals surface area contributed by atoms with Crippen LogP contribution in [-0.4, -0.2) is 12.1 Å². The van der Waals surface area contributed by atoms with E-state index in [0.717, 1.165) is 11.1 Å². The van der Waals surface area contributed by atoms with Crippen molar-refractivity contribution in [2.24, 2.45) is 0 Å². The average molecular weight is 452 g/mol. The summed E-state index contributed by atoms with van der Waals surface area (Å²) in [5, 5.41) is 0. The number of carbonyl (C=O) groups is 1. The molecule has 2 atom stereocenters. The van der Waals surface area contributed by atoms with Crippen LogP contribution in [0, 0.1) is 6.92 Å². The van der Waals surface area contributed by atoms with Crippen LogP contribution in [0.1, 0.15) is 38.8 Å². The molecule has 3 rings (SSSR count). The molecule has 0 heterocycles. The van der Waals surface area contributed by atoms with Gasteiger partial charge >= 0.3 is 14.2 Å². The van der Waals surface area contributed by atoms with Gasteiger partial charge in [0.25, 0.3) is 0 Å². The molecule has 3 aromatic carbocycles. The van der Waals surface area contributed by atoms with Crippen molar-refractivity contribution in [1.82, 2.24) is 0 Å². The van der Waals surface area contributed by atoms with Gasteiger partial charge in [-0.3, -0.25) is 0 Å². The Morgan fingerprint density at radius 3 is 1.84 bits per heavy atom. The molecule has 0 spiro atoms. The summed E-state index contributed by atoms with van der Waals surface area (Å²) in [7, 11) is -3.08. The molecule has 6 heteroatoms. The molecule has 0 fully saturated rings. The van der Waals surface area contributed by atoms with E-state index in [-0.39, 0.29) is 5.41 Å². The lowest BCUT2D eigenvalue weighted by molar-refractivity contribution is -0.191. The summed E-state index contributed by atoms with van der Waals surface area (Å²) in [4.78, 5) is 22.2. The van der Waals surface area contributed by atoms with Gasteiger partial charge in [-0.1, -0.05) is 99.1 Å². The molecule has 0 N–H and O–H groups in total. The zero-order valence-electron chi connectivity index (χ0n) is 19.1. The van der Waals surface area contributed by atoms with Crippen molar-refractivity contribution >= 4 is 14.2 Å². The number of hydrogen-bond donors (Lipinski definition) is 0. The Bertz CT molecular complexity index is 990. The minimum absolute atomic E-state index is 0.199. The standard InChI is InChI=1S/C14H19O5P.C12H10/c1-9-6-7-12(11(8-9)14(3,4)5)18-13(15)10(2)19-20(16)17;1-3-7-11(8-4-1)12-9-5-2-6-10-12/h6-8,10H,1-5H3;1-10H. The van der Waals surface area contributed by atoms with Crippen LogP contribution in [0.3, 0.4) is 0 Å². The van der Waals surface area contributed by atoms with E-state index in [2.05, 4.69) is 53.1 Å². The van der Waals surface area contributed by atoms with E-state index in [4.69, 9.17) is 4.74 Å². The summed E-state index contributed by atoms with van der Waals surface area (Å²) in [6.07, 6.45) is -1.16. The van der Waals surface area contributed by atoms with E-state index in [9.17, 15) is 14.3 Å². The van der Waals surface area contributed by atoms with E-state index >= 15 is 0 Å². The van der Waals surface area contributed by atoms with Crippen molar-refractivity contribution in [3.05, 3.63) is 90.0 Å². The molecule has 0 saturated carbocycles. The maximum atomic E-state index is 11.8. The molecule has 3 aromatic rings. The molecule has 0 saturated heterocycles. The molecular weight excluding hydrogens is 423 g/mol. The molecular formula is C26H29O5P. The maximum Gasteiger partial charge on any atom is 0.489 e. The first-order valence-electron chi connectivity index (χ1n) is 10.3. The lowest BCUT2D eigenvalue weighted by atomic mass is 9.85. The van der Waals surface area contributed by atoms with Gasteiger partial charge in [-0.15, -0.1) is 4.52 Å². The highest BCUT2D eigenvalue weighted by Gasteiger charge is 2.26. The summed E-state index contributed by atoms with van der Waals surface area (Å²) in [5.74, 6) is -0.316. The van der Waals surface area contributed by atoms with Gasteiger partial charge in [0.1, 0.15) is 5.75 Å². The SMILES string of the molecule is Cc1ccc(OC(=O)C(C)O[P+](=O)[O-])c(C(C)(C)C)c1.c1ccc(-c2ccccc2)cc1. The van der Waals surface area contributed by atoms with Crippen LogP contribution >= 0.6 is 8.25 Å². The van der Waals surface area contributed by atoms with E-state index in [0.29, 0.717) is 5.75 Å². The normalized spacial score (nSPS) is 12.2. The Labute approximate surface area is 191 Å². The molecule has 0 amide bonds. The topological polar surface area (TPSA) is 75.7 Å². The highest BCUT2D eigenvalue weighted by atomic mass is 31.1. The molecule has 0 aliphatic carbocycles. The van der Waals surface area contributed by atoms with Crippen molar-refractivity contribution in [3.8, 4) is 16.9 Å². The van der Waals surface area contributed by atoms with Crippen LogP contribution in [0.25, 0.3) is 11.1 Å². The average Bonchev–Trinajstić information content (AvgIpc) is 2.75. The Kier molecular flexibility index (Phi) is 9.27. The quantitative estimate of drug-likeness (QED) is 0.271. The van der Waals surface area contributed by atoms with Crippen molar-refractivity contribution in [3.63, 3.8) is 0 Å². The first-order valence-corrected chi connectivity index (χ1v) is 11.4. The first-order chi connectivity index (χ1) is 15.1. The van der Waals surface area contributed by atoms with E-state index < -0.39 is 20.3 Å². The van der Waals surface area contributed by atoms with E-state index in [1.54, 1.807) is 6.07 Å². The third-order valence-electron chi connectivity index (χ3n) is 4.61. The lowest BCUT2D eigenvalue weighted by Gasteiger charge is -2.23. The fraction of sp³-hybridized carbons (Fsp3) is 0.269. The fourth-order valence-corrected chi connectivity index (χ4v) is 3.29. The van der Waals surface area contributed by atoms with Gasteiger partial charge in [-0.05, 0) is 41.0 Å². The summed E-state index contributed by atoms with van der Waals surface area (Å²) < 4.78 is 20.1. The Morgan fingerprint density at radius 2 is 1.41 bits per heavy atom. The highest BCUT2D eigenvalue weighted by Crippen LogP contribution is 2.32. The van der Waals surface area contributed by atoms with Gasteiger partial charge in [0, 0.05) is 5.56 Å². The third-order valence-corrected chi connectivity index (χ3v) is 5.10. The molecule has 168 valence electrons. The molecule has 0 aliphatic heterocycles. The number of rotatable bonds is 5. The Hall–Kier alpha value is -2.85. The molecule has 0 aliphatic rings. The molecule has 0 bridgehead atoms. The molecule has 0 aromatic heterocycles. The van der Waals surface area contributed by atoms with Gasteiger partial charge < -0.3 is 9.63 Å². The van der Waals surface area contributed by atoms with Gasteiger partial charge in [-0.25, -0.2) is 4.79 Å². The summed E-state index contributed by atoms with van der Waals surface area (Å²) in [6.45, 7) is 9.31. The molecule has 0 radical (unpaired) electrons. The number of carbonyl (C=O) groups excluding carboxylic acids is 1. The second-order valence-corrected chi connectivity index (χ2v) is 9.03. The zero-order chi connectivity index (χ0) is 23.7. The molecule has 5 nitrogen and oxygen atoms in total. The summed E-state index contributed by atoms with van der Waals surface area (Å²) in [5.41, 5.74) is 4.29. The third kappa shape index (κ3) is 8.01. The van der Waals surface area contributed by atoms with Gasteiger partial charge in [0.2, 0.25) is 6.10 Å². The van der Waals surface area contributed by atoms with E-state index in [1.807, 2.05) is 52.0 Å². The van der Waals surface area contributed by atoms with Gasteiger partial charge in [0.05, 0.1) is 0 Å². The van der Waals surface area contributed by atoms with E-state index in [1.165, 1.54) is 18.1 Å². The van der Waals surface area contributed by atoms with Crippen LogP contribution in [0.5, 0.6) is 5.75 Å². The van der Waals surface area contributed by atoms with Gasteiger partial charge in [-0.2, -0.15) is 0 Å². The second kappa shape index (κ2) is 11.7. The van der Waals surface area contributed by atoms with Gasteiger partial charge in [0.15, 0.2) is 0 Å². The molecule has 2 unspecified atom stereocenters. The number of benzene rings is 3. The lowest BCUT2D eigenvalue weighted by Crippen LogP contribution is -2.26. The first kappa shape index (κ1) is 25.4. The fourth-order valence-electron chi connectivity index (χ4n) is 2.94. The smallest absolute Gasteiger partial charge is 0.489 e. The predicted octanol–water partition coefficient (Wildman–Crippen LogP) is 5.97. The van der Waals surface area contributed by atoms with Crippen LogP contribution in [0.4, 0.5) is 0 Å². The van der Waals surface area contributed by atoms with Crippen LogP contribution in [0.15, 0.2) is 78.9 Å². The number of esters is 1. The highest BCUT2D eigenvalue weighted by molar-refractivity contribution is 7.30.